The standard InChI is InChI=1S/C15H22N2O3/c1-3-17(4-2)14(18)11-20-15(19)9-8-12-6-5-7-13(16)10-12/h5-7,10H,3-4,8-9,11,16H2,1-2H3. The monoisotopic (exact) mass is 278 g/mol. The van der Waals surface area contributed by atoms with Gasteiger partial charge in [0, 0.05) is 25.2 Å². The number of rotatable bonds is 7. The van der Waals surface area contributed by atoms with Crippen LogP contribution in [0.5, 0.6) is 0 Å². The molecule has 5 heteroatoms. The molecule has 0 bridgehead atoms. The van der Waals surface area contributed by atoms with Crippen LogP contribution in [0.1, 0.15) is 25.8 Å². The number of amides is 1. The van der Waals surface area contributed by atoms with Gasteiger partial charge in [-0.05, 0) is 38.0 Å². The van der Waals surface area contributed by atoms with Crippen LogP contribution in [0.4, 0.5) is 5.69 Å². The van der Waals surface area contributed by atoms with Crippen LogP contribution in [0.25, 0.3) is 0 Å². The second kappa shape index (κ2) is 8.19. The molecule has 0 aliphatic rings. The molecule has 0 aliphatic heterocycles. The zero-order valence-corrected chi connectivity index (χ0v) is 12.1. The van der Waals surface area contributed by atoms with Gasteiger partial charge in [0.2, 0.25) is 0 Å². The van der Waals surface area contributed by atoms with E-state index in [1.807, 2.05) is 32.0 Å². The van der Waals surface area contributed by atoms with E-state index in [4.69, 9.17) is 10.5 Å². The van der Waals surface area contributed by atoms with Crippen molar-refractivity contribution in [3.8, 4) is 0 Å². The lowest BCUT2D eigenvalue weighted by atomic mass is 10.1. The van der Waals surface area contributed by atoms with Gasteiger partial charge in [0.1, 0.15) is 0 Å². The van der Waals surface area contributed by atoms with Crippen molar-refractivity contribution in [3.63, 3.8) is 0 Å². The molecule has 5 nitrogen and oxygen atoms in total. The van der Waals surface area contributed by atoms with Gasteiger partial charge in [0.25, 0.3) is 5.91 Å². The van der Waals surface area contributed by atoms with E-state index < -0.39 is 0 Å². The minimum absolute atomic E-state index is 0.160. The number of anilines is 1. The first-order valence-corrected chi connectivity index (χ1v) is 6.84. The average molecular weight is 278 g/mol. The highest BCUT2D eigenvalue weighted by Crippen LogP contribution is 2.09. The van der Waals surface area contributed by atoms with E-state index in [2.05, 4.69) is 0 Å². The molecular weight excluding hydrogens is 256 g/mol. The number of nitrogens with zero attached hydrogens (tertiary/aromatic N) is 1. The van der Waals surface area contributed by atoms with Crippen molar-refractivity contribution in [2.24, 2.45) is 0 Å². The van der Waals surface area contributed by atoms with Crippen molar-refractivity contribution in [2.45, 2.75) is 26.7 Å². The molecule has 0 saturated carbocycles. The third-order valence-electron chi connectivity index (χ3n) is 3.04. The number of carbonyl (C=O) groups is 2. The summed E-state index contributed by atoms with van der Waals surface area (Å²) in [6, 6.07) is 7.38. The number of esters is 1. The molecule has 0 fully saturated rings. The number of hydrogen-bond acceptors (Lipinski definition) is 4. The van der Waals surface area contributed by atoms with Crippen molar-refractivity contribution < 1.29 is 14.3 Å². The molecule has 0 saturated heterocycles. The molecule has 0 unspecified atom stereocenters. The summed E-state index contributed by atoms with van der Waals surface area (Å²) in [5.41, 5.74) is 7.32. The summed E-state index contributed by atoms with van der Waals surface area (Å²) >= 11 is 0. The van der Waals surface area contributed by atoms with E-state index in [1.54, 1.807) is 11.0 Å². The van der Waals surface area contributed by atoms with Crippen LogP contribution in [0.15, 0.2) is 24.3 Å². The van der Waals surface area contributed by atoms with Gasteiger partial charge in [-0.3, -0.25) is 9.59 Å². The van der Waals surface area contributed by atoms with E-state index >= 15 is 0 Å². The van der Waals surface area contributed by atoms with Gasteiger partial charge in [-0.15, -0.1) is 0 Å². The Bertz CT molecular complexity index is 456. The minimum atomic E-state index is -0.368. The van der Waals surface area contributed by atoms with Crippen LogP contribution in [-0.2, 0) is 20.7 Å². The fraction of sp³-hybridized carbons (Fsp3) is 0.467. The van der Waals surface area contributed by atoms with Gasteiger partial charge in [0.05, 0.1) is 0 Å². The normalized spacial score (nSPS) is 10.1. The topological polar surface area (TPSA) is 72.6 Å². The summed E-state index contributed by atoms with van der Waals surface area (Å²) in [6.07, 6.45) is 0.804. The Morgan fingerprint density at radius 3 is 2.55 bits per heavy atom. The van der Waals surface area contributed by atoms with E-state index in [1.165, 1.54) is 0 Å². The number of hydrogen-bond donors (Lipinski definition) is 1. The number of ether oxygens (including phenoxy) is 1. The Morgan fingerprint density at radius 1 is 1.25 bits per heavy atom. The van der Waals surface area contributed by atoms with Gasteiger partial charge < -0.3 is 15.4 Å². The van der Waals surface area contributed by atoms with Crippen molar-refractivity contribution in [1.82, 2.24) is 4.90 Å². The summed E-state index contributed by atoms with van der Waals surface area (Å²) < 4.78 is 4.98. The van der Waals surface area contributed by atoms with Gasteiger partial charge in [-0.25, -0.2) is 0 Å². The first kappa shape index (κ1) is 16.0. The van der Waals surface area contributed by atoms with Gasteiger partial charge in [-0.1, -0.05) is 12.1 Å². The van der Waals surface area contributed by atoms with Crippen LogP contribution >= 0.6 is 0 Å². The van der Waals surface area contributed by atoms with Gasteiger partial charge >= 0.3 is 5.97 Å². The van der Waals surface area contributed by atoms with Crippen molar-refractivity contribution >= 4 is 17.6 Å². The Kier molecular flexibility index (Phi) is 6.56. The third kappa shape index (κ3) is 5.30. The maximum atomic E-state index is 11.7. The molecule has 1 aromatic rings. The lowest BCUT2D eigenvalue weighted by molar-refractivity contribution is -0.151. The number of nitrogens with two attached hydrogens (primary N) is 1. The number of benzene rings is 1. The Hall–Kier alpha value is -2.04. The molecule has 1 rings (SSSR count). The minimum Gasteiger partial charge on any atom is -0.456 e. The largest absolute Gasteiger partial charge is 0.456 e. The first-order valence-electron chi connectivity index (χ1n) is 6.84. The fourth-order valence-corrected chi connectivity index (χ4v) is 1.88. The van der Waals surface area contributed by atoms with Gasteiger partial charge in [-0.2, -0.15) is 0 Å². The molecule has 0 aromatic heterocycles. The zero-order chi connectivity index (χ0) is 15.0. The molecule has 0 spiro atoms. The Labute approximate surface area is 119 Å². The summed E-state index contributed by atoms with van der Waals surface area (Å²) in [6.45, 7) is 4.84. The number of nitrogen functional groups attached to an aromatic ring is 1. The Morgan fingerprint density at radius 2 is 1.95 bits per heavy atom. The maximum Gasteiger partial charge on any atom is 0.306 e. The molecule has 1 amide bonds. The van der Waals surface area contributed by atoms with Gasteiger partial charge in [0.15, 0.2) is 6.61 Å². The predicted octanol–water partition coefficient (Wildman–Crippen LogP) is 1.61. The zero-order valence-electron chi connectivity index (χ0n) is 12.1. The van der Waals surface area contributed by atoms with Crippen molar-refractivity contribution in [3.05, 3.63) is 29.8 Å². The quantitative estimate of drug-likeness (QED) is 0.607. The van der Waals surface area contributed by atoms with Crippen LogP contribution in [0.3, 0.4) is 0 Å². The van der Waals surface area contributed by atoms with E-state index in [-0.39, 0.29) is 24.9 Å². The second-order valence-electron chi connectivity index (χ2n) is 4.47. The number of likely N-dealkylation sites (N-methyl/N-ethyl adjacent to an activating group) is 1. The van der Waals surface area contributed by atoms with E-state index in [0.29, 0.717) is 25.2 Å². The lowest BCUT2D eigenvalue weighted by Gasteiger charge is -2.18. The highest BCUT2D eigenvalue weighted by Gasteiger charge is 2.12. The number of aryl methyl sites for hydroxylation is 1. The predicted molar refractivity (Wildman–Crippen MR) is 78.1 cm³/mol. The molecule has 0 radical (unpaired) electrons. The molecule has 110 valence electrons. The molecule has 0 heterocycles. The smallest absolute Gasteiger partial charge is 0.306 e. The highest BCUT2D eigenvalue weighted by atomic mass is 16.5. The highest BCUT2D eigenvalue weighted by molar-refractivity contribution is 5.80. The van der Waals surface area contributed by atoms with Crippen molar-refractivity contribution in [1.29, 1.82) is 0 Å². The van der Waals surface area contributed by atoms with Crippen molar-refractivity contribution in [2.75, 3.05) is 25.4 Å². The third-order valence-corrected chi connectivity index (χ3v) is 3.04. The lowest BCUT2D eigenvalue weighted by Crippen LogP contribution is -2.34. The molecule has 20 heavy (non-hydrogen) atoms. The van der Waals surface area contributed by atoms with Crippen LogP contribution in [0.2, 0.25) is 0 Å². The first-order chi connectivity index (χ1) is 9.56. The van der Waals surface area contributed by atoms with Crippen LogP contribution < -0.4 is 5.73 Å². The van der Waals surface area contributed by atoms with Crippen LogP contribution in [-0.4, -0.2) is 36.5 Å². The maximum absolute atomic E-state index is 11.7. The summed E-state index contributed by atoms with van der Waals surface area (Å²) in [7, 11) is 0. The fourth-order valence-electron chi connectivity index (χ4n) is 1.88. The Balaban J connectivity index is 2.32. The van der Waals surface area contributed by atoms with E-state index in [9.17, 15) is 9.59 Å². The average Bonchev–Trinajstić information content (AvgIpc) is 2.44. The molecule has 0 atom stereocenters. The summed E-state index contributed by atoms with van der Waals surface area (Å²) in [5.74, 6) is -0.528. The van der Waals surface area contributed by atoms with Crippen LogP contribution in [0, 0.1) is 0 Å². The summed E-state index contributed by atoms with van der Waals surface area (Å²) in [5, 5.41) is 0. The molecule has 0 aliphatic carbocycles. The SMILES string of the molecule is CCN(CC)C(=O)COC(=O)CCc1cccc(N)c1. The number of carbonyl (C=O) groups excluding carboxylic acids is 2. The summed E-state index contributed by atoms with van der Waals surface area (Å²) in [4.78, 5) is 24.9. The second-order valence-corrected chi connectivity index (χ2v) is 4.47. The molecule has 1 aromatic carbocycles. The molecular formula is C15H22N2O3. The molecule has 2 N–H and O–H groups in total. The van der Waals surface area contributed by atoms with E-state index in [0.717, 1.165) is 5.56 Å².